The van der Waals surface area contributed by atoms with Crippen molar-refractivity contribution >= 4 is 5.97 Å². The van der Waals surface area contributed by atoms with Crippen molar-refractivity contribution in [2.24, 2.45) is 5.92 Å². The Morgan fingerprint density at radius 3 is 2.46 bits per heavy atom. The fourth-order valence-electron chi connectivity index (χ4n) is 0.891. The van der Waals surface area contributed by atoms with Gasteiger partial charge in [0, 0.05) is 0 Å². The van der Waals surface area contributed by atoms with E-state index in [2.05, 4.69) is 4.74 Å². The summed E-state index contributed by atoms with van der Waals surface area (Å²) in [6, 6.07) is 0. The predicted octanol–water partition coefficient (Wildman–Crippen LogP) is 1.29. The molecule has 3 atom stereocenters. The summed E-state index contributed by atoms with van der Waals surface area (Å²) in [4.78, 5) is 10.8. The minimum absolute atomic E-state index is 0.131. The summed E-state index contributed by atoms with van der Waals surface area (Å²) in [6.07, 6.45) is -2.56. The van der Waals surface area contributed by atoms with Gasteiger partial charge in [0.25, 0.3) is 0 Å². The summed E-state index contributed by atoms with van der Waals surface area (Å²) in [5, 5.41) is 9.31. The van der Waals surface area contributed by atoms with Crippen LogP contribution in [0.4, 0.5) is 4.39 Å². The van der Waals surface area contributed by atoms with Crippen LogP contribution in [-0.2, 0) is 9.53 Å². The van der Waals surface area contributed by atoms with Crippen LogP contribution in [0.3, 0.4) is 0 Å². The summed E-state index contributed by atoms with van der Waals surface area (Å²) in [7, 11) is 0. The lowest BCUT2D eigenvalue weighted by Crippen LogP contribution is -2.36. The van der Waals surface area contributed by atoms with Gasteiger partial charge in [-0.3, -0.25) is 0 Å². The fourth-order valence-corrected chi connectivity index (χ4v) is 0.891. The van der Waals surface area contributed by atoms with Gasteiger partial charge in [-0.15, -0.1) is 0 Å². The van der Waals surface area contributed by atoms with Gasteiger partial charge in [-0.05, 0) is 12.8 Å². The van der Waals surface area contributed by atoms with Crippen LogP contribution in [0.15, 0.2) is 0 Å². The average molecular weight is 192 g/mol. The SMILES string of the molecule is CCOC(=O)C(F)C(O)C(C)CC. The molecular weight excluding hydrogens is 175 g/mol. The van der Waals surface area contributed by atoms with Crippen molar-refractivity contribution in [1.82, 2.24) is 0 Å². The van der Waals surface area contributed by atoms with Crippen LogP contribution in [0.1, 0.15) is 27.2 Å². The Hall–Kier alpha value is -0.640. The van der Waals surface area contributed by atoms with E-state index in [1.165, 1.54) is 0 Å². The molecule has 3 nitrogen and oxygen atoms in total. The topological polar surface area (TPSA) is 46.5 Å². The molecule has 0 rings (SSSR count). The normalized spacial score (nSPS) is 17.6. The number of aliphatic hydroxyl groups excluding tert-OH is 1. The van der Waals surface area contributed by atoms with Gasteiger partial charge in [-0.25, -0.2) is 9.18 Å². The maximum Gasteiger partial charge on any atom is 0.343 e. The zero-order valence-electron chi connectivity index (χ0n) is 8.29. The van der Waals surface area contributed by atoms with Crippen LogP contribution in [0, 0.1) is 5.92 Å². The Bertz CT molecular complexity index is 161. The van der Waals surface area contributed by atoms with Gasteiger partial charge in [0.15, 0.2) is 0 Å². The second kappa shape index (κ2) is 5.91. The molecule has 0 aromatic carbocycles. The number of hydrogen-bond acceptors (Lipinski definition) is 3. The van der Waals surface area contributed by atoms with Gasteiger partial charge in [0.05, 0.1) is 12.7 Å². The van der Waals surface area contributed by atoms with Crippen LogP contribution >= 0.6 is 0 Å². The van der Waals surface area contributed by atoms with Crippen molar-refractivity contribution in [2.75, 3.05) is 6.61 Å². The molecule has 0 aromatic heterocycles. The van der Waals surface area contributed by atoms with Gasteiger partial charge in [0.1, 0.15) is 0 Å². The molecule has 78 valence electrons. The van der Waals surface area contributed by atoms with Crippen molar-refractivity contribution in [1.29, 1.82) is 0 Å². The summed E-state index contributed by atoms with van der Waals surface area (Å²) >= 11 is 0. The van der Waals surface area contributed by atoms with E-state index in [1.54, 1.807) is 13.8 Å². The third-order valence-corrected chi connectivity index (χ3v) is 2.04. The molecule has 0 aliphatic heterocycles. The first-order chi connectivity index (χ1) is 6.04. The van der Waals surface area contributed by atoms with E-state index in [0.717, 1.165) is 0 Å². The first kappa shape index (κ1) is 12.4. The predicted molar refractivity (Wildman–Crippen MR) is 47.0 cm³/mol. The van der Waals surface area contributed by atoms with E-state index in [4.69, 9.17) is 0 Å². The summed E-state index contributed by atoms with van der Waals surface area (Å²) in [5.41, 5.74) is 0. The number of carbonyl (C=O) groups is 1. The minimum Gasteiger partial charge on any atom is -0.464 e. The standard InChI is InChI=1S/C9H17FO3/c1-4-6(3)8(11)7(10)9(12)13-5-2/h6-8,11H,4-5H2,1-3H3. The minimum atomic E-state index is -1.92. The molecule has 0 amide bonds. The molecule has 0 bridgehead atoms. The Morgan fingerprint density at radius 1 is 1.54 bits per heavy atom. The Labute approximate surface area is 77.9 Å². The monoisotopic (exact) mass is 192 g/mol. The lowest BCUT2D eigenvalue weighted by Gasteiger charge is -2.19. The molecule has 4 heteroatoms. The molecule has 0 aliphatic carbocycles. The molecule has 0 aliphatic rings. The number of alkyl halides is 1. The van der Waals surface area contributed by atoms with E-state index >= 15 is 0 Å². The zero-order valence-corrected chi connectivity index (χ0v) is 8.29. The highest BCUT2D eigenvalue weighted by molar-refractivity contribution is 5.75. The van der Waals surface area contributed by atoms with Crippen LogP contribution in [0.2, 0.25) is 0 Å². The number of rotatable bonds is 5. The molecule has 0 fully saturated rings. The number of esters is 1. The number of hydrogen-bond donors (Lipinski definition) is 1. The number of halogens is 1. The Kier molecular flexibility index (Phi) is 5.62. The van der Waals surface area contributed by atoms with E-state index in [9.17, 15) is 14.3 Å². The maximum absolute atomic E-state index is 13.1. The van der Waals surface area contributed by atoms with E-state index in [0.29, 0.717) is 6.42 Å². The molecule has 0 saturated heterocycles. The van der Waals surface area contributed by atoms with Gasteiger partial charge < -0.3 is 9.84 Å². The quantitative estimate of drug-likeness (QED) is 0.668. The van der Waals surface area contributed by atoms with Crippen molar-refractivity contribution in [2.45, 2.75) is 39.5 Å². The highest BCUT2D eigenvalue weighted by atomic mass is 19.1. The van der Waals surface area contributed by atoms with E-state index in [1.807, 2.05) is 6.92 Å². The van der Waals surface area contributed by atoms with Crippen LogP contribution in [-0.4, -0.2) is 30.0 Å². The van der Waals surface area contributed by atoms with Gasteiger partial charge >= 0.3 is 5.97 Å². The molecular formula is C9H17FO3. The lowest BCUT2D eigenvalue weighted by atomic mass is 9.98. The number of carbonyl (C=O) groups excluding carboxylic acids is 1. The molecule has 0 saturated carbocycles. The first-order valence-corrected chi connectivity index (χ1v) is 4.53. The van der Waals surface area contributed by atoms with Crippen LogP contribution in [0.25, 0.3) is 0 Å². The summed E-state index contributed by atoms with van der Waals surface area (Å²) in [5.74, 6) is -1.21. The fraction of sp³-hybridized carbons (Fsp3) is 0.889. The van der Waals surface area contributed by atoms with Crippen molar-refractivity contribution in [3.05, 3.63) is 0 Å². The molecule has 1 N–H and O–H groups in total. The summed E-state index contributed by atoms with van der Waals surface area (Å²) in [6.45, 7) is 5.25. The largest absolute Gasteiger partial charge is 0.464 e. The second-order valence-corrected chi connectivity index (χ2v) is 3.03. The van der Waals surface area contributed by atoms with Crippen molar-refractivity contribution in [3.8, 4) is 0 Å². The molecule has 0 aromatic rings. The molecule has 13 heavy (non-hydrogen) atoms. The first-order valence-electron chi connectivity index (χ1n) is 4.53. The highest BCUT2D eigenvalue weighted by Crippen LogP contribution is 2.14. The van der Waals surface area contributed by atoms with Crippen molar-refractivity contribution < 1.29 is 19.0 Å². The molecule has 0 heterocycles. The van der Waals surface area contributed by atoms with Crippen molar-refractivity contribution in [3.63, 3.8) is 0 Å². The van der Waals surface area contributed by atoms with Crippen LogP contribution in [0.5, 0.6) is 0 Å². The Balaban J connectivity index is 4.07. The van der Waals surface area contributed by atoms with E-state index in [-0.39, 0.29) is 12.5 Å². The van der Waals surface area contributed by atoms with Gasteiger partial charge in [-0.2, -0.15) is 0 Å². The third kappa shape index (κ3) is 3.72. The van der Waals surface area contributed by atoms with Gasteiger partial charge in [0.2, 0.25) is 6.17 Å². The average Bonchev–Trinajstić information content (AvgIpc) is 2.14. The lowest BCUT2D eigenvalue weighted by molar-refractivity contribution is -0.154. The smallest absolute Gasteiger partial charge is 0.343 e. The Morgan fingerprint density at radius 2 is 2.08 bits per heavy atom. The van der Waals surface area contributed by atoms with Gasteiger partial charge in [-0.1, -0.05) is 20.3 Å². The summed E-state index contributed by atoms with van der Waals surface area (Å²) < 4.78 is 17.5. The second-order valence-electron chi connectivity index (χ2n) is 3.03. The van der Waals surface area contributed by atoms with Crippen LogP contribution < -0.4 is 0 Å². The number of ether oxygens (including phenoxy) is 1. The maximum atomic E-state index is 13.1. The number of aliphatic hydroxyl groups is 1. The third-order valence-electron chi connectivity index (χ3n) is 2.04. The van der Waals surface area contributed by atoms with E-state index < -0.39 is 18.2 Å². The molecule has 0 spiro atoms. The molecule has 3 unspecified atom stereocenters. The highest BCUT2D eigenvalue weighted by Gasteiger charge is 2.30. The zero-order chi connectivity index (χ0) is 10.4. The molecule has 0 radical (unpaired) electrons.